The van der Waals surface area contributed by atoms with E-state index in [0.29, 0.717) is 43.5 Å². The Labute approximate surface area is 172 Å². The number of carbonyl (C=O) groups excluding carboxylic acids is 2. The number of benzene rings is 2. The molecule has 0 spiro atoms. The van der Waals surface area contributed by atoms with Crippen LogP contribution < -0.4 is 20.1 Å². The smallest absolute Gasteiger partial charge is 0.313 e. The van der Waals surface area contributed by atoms with E-state index in [1.165, 1.54) is 12.1 Å². The molecule has 0 aromatic heterocycles. The van der Waals surface area contributed by atoms with Gasteiger partial charge in [-0.25, -0.2) is 4.39 Å². The Morgan fingerprint density at radius 2 is 1.73 bits per heavy atom. The van der Waals surface area contributed by atoms with Crippen molar-refractivity contribution in [1.29, 1.82) is 0 Å². The van der Waals surface area contributed by atoms with Crippen molar-refractivity contribution in [3.05, 3.63) is 53.8 Å². The number of amides is 2. The topological polar surface area (TPSA) is 89.1 Å². The Morgan fingerprint density at radius 1 is 1.00 bits per heavy atom. The molecule has 9 heteroatoms. The second kappa shape index (κ2) is 9.10. The highest BCUT2D eigenvalue weighted by molar-refractivity contribution is 6.39. The maximum absolute atomic E-state index is 13.3. The van der Waals surface area contributed by atoms with Crippen LogP contribution in [0.1, 0.15) is 11.6 Å². The molecule has 1 fully saturated rings. The van der Waals surface area contributed by atoms with Gasteiger partial charge >= 0.3 is 11.8 Å². The lowest BCUT2D eigenvalue weighted by molar-refractivity contribution is -0.136. The number of halogens is 1. The summed E-state index contributed by atoms with van der Waals surface area (Å²) in [5.74, 6) is -0.768. The molecule has 0 radical (unpaired) electrons. The minimum Gasteiger partial charge on any atom is -0.454 e. The van der Waals surface area contributed by atoms with Gasteiger partial charge in [-0.3, -0.25) is 14.5 Å². The molecule has 2 heterocycles. The molecule has 2 aromatic carbocycles. The number of hydrogen-bond donors (Lipinski definition) is 2. The molecular formula is C21H22FN3O5. The van der Waals surface area contributed by atoms with Crippen LogP contribution in [0.25, 0.3) is 0 Å². The predicted molar refractivity (Wildman–Crippen MR) is 106 cm³/mol. The van der Waals surface area contributed by atoms with Crippen LogP contribution in [-0.2, 0) is 14.3 Å². The highest BCUT2D eigenvalue weighted by Gasteiger charge is 2.25. The first-order chi connectivity index (χ1) is 14.6. The summed E-state index contributed by atoms with van der Waals surface area (Å²) in [5.41, 5.74) is 1.29. The Morgan fingerprint density at radius 3 is 2.50 bits per heavy atom. The lowest BCUT2D eigenvalue weighted by Gasteiger charge is -2.34. The van der Waals surface area contributed by atoms with Gasteiger partial charge in [-0.05, 0) is 29.8 Å². The third-order valence-corrected chi connectivity index (χ3v) is 5.03. The highest BCUT2D eigenvalue weighted by Crippen LogP contribution is 2.34. The molecule has 1 saturated heterocycles. The molecule has 1 atom stereocenters. The maximum Gasteiger partial charge on any atom is 0.313 e. The SMILES string of the molecule is O=C(NC[C@H](c1ccc(F)cc1)N1CCOCC1)C(=O)Nc1ccc2c(c1)OCO2. The van der Waals surface area contributed by atoms with Crippen LogP contribution in [0.2, 0.25) is 0 Å². The lowest BCUT2D eigenvalue weighted by Crippen LogP contribution is -2.45. The van der Waals surface area contributed by atoms with Gasteiger partial charge in [0.15, 0.2) is 11.5 Å². The summed E-state index contributed by atoms with van der Waals surface area (Å²) < 4.78 is 29.2. The van der Waals surface area contributed by atoms with Crippen molar-refractivity contribution >= 4 is 17.5 Å². The number of rotatable bonds is 5. The molecule has 0 unspecified atom stereocenters. The zero-order valence-electron chi connectivity index (χ0n) is 16.2. The van der Waals surface area contributed by atoms with Crippen LogP contribution in [0.4, 0.5) is 10.1 Å². The van der Waals surface area contributed by atoms with Crippen LogP contribution in [0, 0.1) is 5.82 Å². The van der Waals surface area contributed by atoms with Crippen LogP contribution >= 0.6 is 0 Å². The fourth-order valence-corrected chi connectivity index (χ4v) is 3.46. The fraction of sp³-hybridized carbons (Fsp3) is 0.333. The van der Waals surface area contributed by atoms with E-state index in [4.69, 9.17) is 14.2 Å². The summed E-state index contributed by atoms with van der Waals surface area (Å²) in [4.78, 5) is 26.8. The van der Waals surface area contributed by atoms with Crippen molar-refractivity contribution in [3.8, 4) is 11.5 Å². The number of fused-ring (bicyclic) bond motifs is 1. The summed E-state index contributed by atoms with van der Waals surface area (Å²) >= 11 is 0. The first kappa shape index (κ1) is 20.1. The van der Waals surface area contributed by atoms with E-state index < -0.39 is 11.8 Å². The molecule has 2 aromatic rings. The molecule has 2 aliphatic rings. The van der Waals surface area contributed by atoms with Crippen molar-refractivity contribution in [2.45, 2.75) is 6.04 Å². The zero-order valence-corrected chi connectivity index (χ0v) is 16.2. The molecule has 2 aliphatic heterocycles. The second-order valence-electron chi connectivity index (χ2n) is 6.95. The van der Waals surface area contributed by atoms with E-state index in [9.17, 15) is 14.0 Å². The number of hydrogen-bond acceptors (Lipinski definition) is 6. The Bertz CT molecular complexity index is 915. The minimum absolute atomic E-state index is 0.125. The Hall–Kier alpha value is -3.17. The second-order valence-corrected chi connectivity index (χ2v) is 6.95. The first-order valence-electron chi connectivity index (χ1n) is 9.66. The van der Waals surface area contributed by atoms with Gasteiger partial charge in [-0.15, -0.1) is 0 Å². The Balaban J connectivity index is 1.38. The quantitative estimate of drug-likeness (QED) is 0.723. The number of morpholine rings is 1. The van der Waals surface area contributed by atoms with Gasteiger partial charge in [0, 0.05) is 31.4 Å². The average molecular weight is 415 g/mol. The summed E-state index contributed by atoms with van der Waals surface area (Å²) in [7, 11) is 0. The summed E-state index contributed by atoms with van der Waals surface area (Å²) in [6.07, 6.45) is 0. The number of nitrogens with zero attached hydrogens (tertiary/aromatic N) is 1. The van der Waals surface area contributed by atoms with Gasteiger partial charge in [0.25, 0.3) is 0 Å². The van der Waals surface area contributed by atoms with Crippen molar-refractivity contribution in [2.75, 3.05) is 45.0 Å². The monoisotopic (exact) mass is 415 g/mol. The van der Waals surface area contributed by atoms with E-state index in [-0.39, 0.29) is 25.2 Å². The third-order valence-electron chi connectivity index (χ3n) is 5.03. The number of ether oxygens (including phenoxy) is 3. The highest BCUT2D eigenvalue weighted by atomic mass is 19.1. The van der Waals surface area contributed by atoms with Crippen LogP contribution in [0.5, 0.6) is 11.5 Å². The summed E-state index contributed by atoms with van der Waals surface area (Å²) in [6.45, 7) is 2.85. The van der Waals surface area contributed by atoms with Gasteiger partial charge in [-0.1, -0.05) is 12.1 Å². The molecule has 4 rings (SSSR count). The van der Waals surface area contributed by atoms with Crippen LogP contribution in [0.3, 0.4) is 0 Å². The predicted octanol–water partition coefficient (Wildman–Crippen LogP) is 1.68. The van der Waals surface area contributed by atoms with E-state index in [2.05, 4.69) is 15.5 Å². The molecule has 2 N–H and O–H groups in total. The van der Waals surface area contributed by atoms with Crippen molar-refractivity contribution in [3.63, 3.8) is 0 Å². The summed E-state index contributed by atoms with van der Waals surface area (Å²) in [6, 6.07) is 10.8. The molecule has 0 saturated carbocycles. The van der Waals surface area contributed by atoms with Gasteiger partial charge in [0.1, 0.15) is 5.82 Å². The largest absolute Gasteiger partial charge is 0.454 e. The van der Waals surface area contributed by atoms with Gasteiger partial charge in [0.05, 0.1) is 19.3 Å². The van der Waals surface area contributed by atoms with Crippen LogP contribution in [0.15, 0.2) is 42.5 Å². The van der Waals surface area contributed by atoms with Gasteiger partial charge in [0.2, 0.25) is 6.79 Å². The summed E-state index contributed by atoms with van der Waals surface area (Å²) in [5, 5.41) is 5.23. The van der Waals surface area contributed by atoms with Crippen LogP contribution in [-0.4, -0.2) is 56.4 Å². The van der Waals surface area contributed by atoms with Crippen molar-refractivity contribution in [2.24, 2.45) is 0 Å². The number of carbonyl (C=O) groups is 2. The molecule has 8 nitrogen and oxygen atoms in total. The molecule has 2 amide bonds. The Kier molecular flexibility index (Phi) is 6.10. The molecule has 30 heavy (non-hydrogen) atoms. The first-order valence-corrected chi connectivity index (χ1v) is 9.66. The standard InChI is InChI=1S/C21H22FN3O5/c22-15-3-1-14(2-4-15)17(25-7-9-28-10-8-25)12-23-20(26)21(27)24-16-5-6-18-19(11-16)30-13-29-18/h1-6,11,17H,7-10,12-13H2,(H,23,26)(H,24,27)/t17-/m1/s1. The minimum atomic E-state index is -0.784. The molecule has 0 aliphatic carbocycles. The van der Waals surface area contributed by atoms with Gasteiger partial charge in [-0.2, -0.15) is 0 Å². The van der Waals surface area contributed by atoms with Gasteiger partial charge < -0.3 is 24.8 Å². The zero-order chi connectivity index (χ0) is 20.9. The normalized spacial score (nSPS) is 16.7. The van der Waals surface area contributed by atoms with Crippen molar-refractivity contribution < 1.29 is 28.2 Å². The number of nitrogens with one attached hydrogen (secondary N) is 2. The van der Waals surface area contributed by atoms with E-state index in [1.54, 1.807) is 30.3 Å². The van der Waals surface area contributed by atoms with E-state index >= 15 is 0 Å². The number of anilines is 1. The van der Waals surface area contributed by atoms with E-state index in [0.717, 1.165) is 5.56 Å². The van der Waals surface area contributed by atoms with Crippen molar-refractivity contribution in [1.82, 2.24) is 10.2 Å². The average Bonchev–Trinajstić information content (AvgIpc) is 3.23. The third kappa shape index (κ3) is 4.69. The molecule has 158 valence electrons. The maximum atomic E-state index is 13.3. The molecular weight excluding hydrogens is 393 g/mol. The molecule has 0 bridgehead atoms. The lowest BCUT2D eigenvalue weighted by atomic mass is 10.0. The van der Waals surface area contributed by atoms with E-state index in [1.807, 2.05) is 0 Å². The fourth-order valence-electron chi connectivity index (χ4n) is 3.46.